The smallest absolute Gasteiger partial charge is 0.244 e. The molecule has 21 heavy (non-hydrogen) atoms. The van der Waals surface area contributed by atoms with Gasteiger partial charge in [-0.05, 0) is 18.2 Å². The molecule has 0 spiro atoms. The van der Waals surface area contributed by atoms with Crippen LogP contribution in [0.5, 0.6) is 0 Å². The fraction of sp³-hybridized carbons (Fsp3) is 0.357. The van der Waals surface area contributed by atoms with Gasteiger partial charge in [-0.15, -0.1) is 5.10 Å². The quantitative estimate of drug-likeness (QED) is 0.857. The number of hydrogen-bond donors (Lipinski definition) is 0. The molecule has 0 radical (unpaired) electrons. The van der Waals surface area contributed by atoms with Crippen LogP contribution < -0.4 is 4.90 Å². The zero-order chi connectivity index (χ0) is 14.7. The number of hydrogen-bond acceptors (Lipinski definition) is 4. The summed E-state index contributed by atoms with van der Waals surface area (Å²) in [6.45, 7) is 3.28. The normalized spacial score (nSPS) is 15.3. The Morgan fingerprint density at radius 2 is 2.05 bits per heavy atom. The van der Waals surface area contributed by atoms with Crippen LogP contribution in [0.25, 0.3) is 0 Å². The van der Waals surface area contributed by atoms with E-state index in [1.54, 1.807) is 17.1 Å². The van der Waals surface area contributed by atoms with Crippen LogP contribution >= 0.6 is 11.6 Å². The third-order valence-electron chi connectivity index (χ3n) is 3.57. The maximum absolute atomic E-state index is 12.2. The lowest BCUT2D eigenvalue weighted by Gasteiger charge is -2.36. The van der Waals surface area contributed by atoms with Crippen molar-refractivity contribution in [2.24, 2.45) is 0 Å². The van der Waals surface area contributed by atoms with Crippen molar-refractivity contribution in [1.29, 1.82) is 0 Å². The summed E-state index contributed by atoms with van der Waals surface area (Å²) in [7, 11) is 0. The monoisotopic (exact) mass is 305 g/mol. The first-order valence-electron chi connectivity index (χ1n) is 6.85. The molecule has 0 N–H and O–H groups in total. The van der Waals surface area contributed by atoms with Crippen molar-refractivity contribution in [2.45, 2.75) is 6.54 Å². The number of aromatic nitrogens is 3. The van der Waals surface area contributed by atoms with Gasteiger partial charge in [0.1, 0.15) is 6.54 Å². The topological polar surface area (TPSA) is 54.3 Å². The minimum absolute atomic E-state index is 0.0752. The van der Waals surface area contributed by atoms with Gasteiger partial charge in [0.05, 0.1) is 6.20 Å². The van der Waals surface area contributed by atoms with Gasteiger partial charge >= 0.3 is 0 Å². The van der Waals surface area contributed by atoms with Crippen LogP contribution in [0, 0.1) is 0 Å². The third kappa shape index (κ3) is 3.33. The van der Waals surface area contributed by atoms with E-state index in [0.29, 0.717) is 13.1 Å². The van der Waals surface area contributed by atoms with E-state index >= 15 is 0 Å². The molecule has 3 rings (SSSR count). The Balaban J connectivity index is 1.56. The van der Waals surface area contributed by atoms with E-state index < -0.39 is 0 Å². The molecule has 1 amide bonds. The number of nitrogens with zero attached hydrogens (tertiary/aromatic N) is 5. The van der Waals surface area contributed by atoms with Crippen LogP contribution in [-0.2, 0) is 11.3 Å². The van der Waals surface area contributed by atoms with Gasteiger partial charge in [-0.25, -0.2) is 4.68 Å². The lowest BCUT2D eigenvalue weighted by molar-refractivity contribution is -0.132. The van der Waals surface area contributed by atoms with Gasteiger partial charge in [0.2, 0.25) is 5.91 Å². The van der Waals surface area contributed by atoms with E-state index in [1.165, 1.54) is 0 Å². The average Bonchev–Trinajstić information content (AvgIpc) is 3.00. The fourth-order valence-corrected chi connectivity index (χ4v) is 2.63. The first-order chi connectivity index (χ1) is 10.2. The first kappa shape index (κ1) is 13.9. The fourth-order valence-electron chi connectivity index (χ4n) is 2.44. The van der Waals surface area contributed by atoms with E-state index in [1.807, 2.05) is 29.2 Å². The second-order valence-electron chi connectivity index (χ2n) is 4.95. The summed E-state index contributed by atoms with van der Waals surface area (Å²) in [5.74, 6) is 0.0752. The summed E-state index contributed by atoms with van der Waals surface area (Å²) < 4.78 is 1.55. The van der Waals surface area contributed by atoms with Crippen LogP contribution in [0.2, 0.25) is 5.02 Å². The standard InChI is InChI=1S/C14H16ClN5O/c15-12-2-1-3-13(10-12)18-6-8-19(9-7-18)14(21)11-20-5-4-16-17-20/h1-5,10H,6-9,11H2. The molecule has 1 aromatic heterocycles. The molecular formula is C14H16ClN5O. The molecule has 1 saturated heterocycles. The van der Waals surface area contributed by atoms with Gasteiger partial charge in [-0.1, -0.05) is 22.9 Å². The molecule has 0 unspecified atom stereocenters. The van der Waals surface area contributed by atoms with Crippen LogP contribution in [0.1, 0.15) is 0 Å². The molecule has 1 aromatic carbocycles. The average molecular weight is 306 g/mol. The van der Waals surface area contributed by atoms with Gasteiger partial charge in [0.15, 0.2) is 0 Å². The van der Waals surface area contributed by atoms with Gasteiger partial charge in [0.25, 0.3) is 0 Å². The van der Waals surface area contributed by atoms with Crippen molar-refractivity contribution in [3.8, 4) is 0 Å². The number of anilines is 1. The van der Waals surface area contributed by atoms with Crippen molar-refractivity contribution < 1.29 is 4.79 Å². The number of amides is 1. The van der Waals surface area contributed by atoms with Crippen molar-refractivity contribution >= 4 is 23.2 Å². The number of halogens is 1. The Hall–Kier alpha value is -2.08. The summed E-state index contributed by atoms with van der Waals surface area (Å²) in [4.78, 5) is 16.3. The Bertz CT molecular complexity index is 608. The van der Waals surface area contributed by atoms with Gasteiger partial charge < -0.3 is 9.80 Å². The van der Waals surface area contributed by atoms with Gasteiger partial charge in [0, 0.05) is 43.1 Å². The van der Waals surface area contributed by atoms with Crippen molar-refractivity contribution in [1.82, 2.24) is 19.9 Å². The lowest BCUT2D eigenvalue weighted by Crippen LogP contribution is -2.49. The molecule has 1 aliphatic rings. The van der Waals surface area contributed by atoms with Crippen LogP contribution in [-0.4, -0.2) is 52.0 Å². The van der Waals surface area contributed by atoms with Crippen molar-refractivity contribution in [2.75, 3.05) is 31.1 Å². The van der Waals surface area contributed by atoms with Crippen LogP contribution in [0.3, 0.4) is 0 Å². The maximum Gasteiger partial charge on any atom is 0.244 e. The number of piperazine rings is 1. The zero-order valence-electron chi connectivity index (χ0n) is 11.5. The van der Waals surface area contributed by atoms with E-state index in [9.17, 15) is 4.79 Å². The third-order valence-corrected chi connectivity index (χ3v) is 3.81. The number of carbonyl (C=O) groups is 1. The predicted octanol–water partition coefficient (Wildman–Crippen LogP) is 1.28. The van der Waals surface area contributed by atoms with Gasteiger partial charge in [-0.3, -0.25) is 4.79 Å². The highest BCUT2D eigenvalue weighted by Gasteiger charge is 2.21. The Kier molecular flexibility index (Phi) is 4.06. The molecule has 0 atom stereocenters. The van der Waals surface area contributed by atoms with Gasteiger partial charge in [-0.2, -0.15) is 0 Å². The first-order valence-corrected chi connectivity index (χ1v) is 7.22. The summed E-state index contributed by atoms with van der Waals surface area (Å²) in [6, 6.07) is 7.80. The largest absolute Gasteiger partial charge is 0.368 e. The lowest BCUT2D eigenvalue weighted by atomic mass is 10.2. The molecule has 1 fully saturated rings. The molecule has 110 valence electrons. The minimum Gasteiger partial charge on any atom is -0.368 e. The molecule has 2 aromatic rings. The molecule has 0 aliphatic carbocycles. The Morgan fingerprint density at radius 3 is 2.71 bits per heavy atom. The van der Waals surface area contributed by atoms with Crippen LogP contribution in [0.15, 0.2) is 36.7 Å². The van der Waals surface area contributed by atoms with Crippen molar-refractivity contribution in [3.63, 3.8) is 0 Å². The molecule has 0 bridgehead atoms. The molecule has 1 aliphatic heterocycles. The molecule has 6 nitrogen and oxygen atoms in total. The van der Waals surface area contributed by atoms with E-state index in [2.05, 4.69) is 15.2 Å². The molecule has 0 saturated carbocycles. The number of benzene rings is 1. The highest BCUT2D eigenvalue weighted by Crippen LogP contribution is 2.20. The number of rotatable bonds is 3. The molecular weight excluding hydrogens is 290 g/mol. The summed E-state index contributed by atoms with van der Waals surface area (Å²) >= 11 is 6.02. The number of carbonyl (C=O) groups excluding carboxylic acids is 1. The summed E-state index contributed by atoms with van der Waals surface area (Å²) in [5, 5.41) is 8.25. The Morgan fingerprint density at radius 1 is 1.24 bits per heavy atom. The highest BCUT2D eigenvalue weighted by molar-refractivity contribution is 6.30. The molecule has 2 heterocycles. The zero-order valence-corrected chi connectivity index (χ0v) is 12.3. The van der Waals surface area contributed by atoms with E-state index in [-0.39, 0.29) is 12.5 Å². The highest BCUT2D eigenvalue weighted by atomic mass is 35.5. The minimum atomic E-state index is 0.0752. The van der Waals surface area contributed by atoms with Crippen LogP contribution in [0.4, 0.5) is 5.69 Å². The summed E-state index contributed by atoms with van der Waals surface area (Å²) in [5.41, 5.74) is 1.10. The van der Waals surface area contributed by atoms with Crippen molar-refractivity contribution in [3.05, 3.63) is 41.7 Å². The van der Waals surface area contributed by atoms with E-state index in [4.69, 9.17) is 11.6 Å². The second-order valence-corrected chi connectivity index (χ2v) is 5.38. The molecule has 7 heteroatoms. The Labute approximate surface area is 127 Å². The predicted molar refractivity (Wildman–Crippen MR) is 80.3 cm³/mol. The summed E-state index contributed by atoms with van der Waals surface area (Å²) in [6.07, 6.45) is 3.27. The SMILES string of the molecule is O=C(Cn1ccnn1)N1CCN(c2cccc(Cl)c2)CC1. The van der Waals surface area contributed by atoms with E-state index in [0.717, 1.165) is 23.8 Å². The maximum atomic E-state index is 12.2. The second kappa shape index (κ2) is 6.13.